The molecule has 0 aromatic carbocycles. The van der Waals surface area contributed by atoms with Crippen molar-refractivity contribution in [3.05, 3.63) is 113 Å². The van der Waals surface area contributed by atoms with Gasteiger partial charge in [-0.1, -0.05) is 17.7 Å². The number of rotatable bonds is 8. The second-order valence-corrected chi connectivity index (χ2v) is 9.91. The number of ether oxygens (including phenoxy) is 2. The van der Waals surface area contributed by atoms with Gasteiger partial charge in [-0.25, -0.2) is 19.4 Å². The van der Waals surface area contributed by atoms with Crippen molar-refractivity contribution in [1.82, 2.24) is 35.3 Å². The molecule has 6 heterocycles. The van der Waals surface area contributed by atoms with Gasteiger partial charge in [0.2, 0.25) is 0 Å². The van der Waals surface area contributed by atoms with Crippen molar-refractivity contribution in [2.45, 2.75) is 13.8 Å². The van der Waals surface area contributed by atoms with E-state index in [1.807, 2.05) is 0 Å². The van der Waals surface area contributed by atoms with E-state index < -0.39 is 13.1 Å². The minimum absolute atomic E-state index is 0. The van der Waals surface area contributed by atoms with E-state index >= 15 is 0 Å². The van der Waals surface area contributed by atoms with E-state index in [-0.39, 0.29) is 52.5 Å². The zero-order chi connectivity index (χ0) is 36.3. The molecule has 0 fully saturated rings. The molecule has 0 aliphatic carbocycles. The number of allylic oxidation sites excluding steroid dienone is 1. The van der Waals surface area contributed by atoms with Crippen LogP contribution in [-0.4, -0.2) is 107 Å². The molecule has 0 atom stereocenters. The number of aromatic amines is 2. The first-order chi connectivity index (χ1) is 24.1. The molecule has 0 spiro atoms. The van der Waals surface area contributed by atoms with Crippen LogP contribution in [0.4, 0.5) is 0 Å². The van der Waals surface area contributed by atoms with Crippen LogP contribution in [0.15, 0.2) is 96.3 Å². The van der Waals surface area contributed by atoms with E-state index in [1.165, 1.54) is 30.9 Å². The molecule has 6 N–H and O–H groups in total. The van der Waals surface area contributed by atoms with Crippen LogP contribution in [0.5, 0.6) is 0 Å². The molecule has 5 aromatic heterocycles. The fourth-order valence-corrected chi connectivity index (χ4v) is 3.74. The number of nitrogens with one attached hydrogen (secondary N) is 2. The molecule has 5 aromatic rings. The number of esters is 2. The Hall–Kier alpha value is -5.08. The van der Waals surface area contributed by atoms with Crippen LogP contribution in [0, 0.1) is 0 Å². The van der Waals surface area contributed by atoms with Gasteiger partial charge in [0.05, 0.1) is 60.2 Å². The van der Waals surface area contributed by atoms with Gasteiger partial charge in [-0.3, -0.25) is 25.2 Å². The van der Waals surface area contributed by atoms with Crippen LogP contribution in [0.2, 0.25) is 5.15 Å². The number of H-pyrrole nitrogens is 2. The summed E-state index contributed by atoms with van der Waals surface area (Å²) in [6.45, 7) is 4.82. The molecule has 17 nitrogen and oxygen atoms in total. The fraction of sp³-hybridized carbons (Fsp3) is 0.156. The van der Waals surface area contributed by atoms with Gasteiger partial charge in [-0.15, -0.1) is 0 Å². The van der Waals surface area contributed by atoms with E-state index in [0.29, 0.717) is 47.2 Å². The summed E-state index contributed by atoms with van der Waals surface area (Å²) in [5.74, 6) is -1.70. The van der Waals surface area contributed by atoms with E-state index in [4.69, 9.17) is 36.2 Å². The standard InChI is InChI=1S/C11H11N3O2.C9H7N3O2.C8H8ClNO2.C4H6BNO2.Na.H2O/c1-2-16-11(15)8-3-4-10(12-5-8)9-6-13-14-7-9;13-9(14)6-1-2-8(10-3-6)7-4-11-12-5-7;1-2-12-8(11)6-3-4-7(9)10-5-6;7-5(8)4-1-2-6-3-4;;/h3-7H,2H2,1H3,(H,13,14);1-5H,(H,11,12)(H,13,14);3-5H,2H2,1H3;1,3,7-8H,2H2;;1H2/q;;;;+1;/p-1. The first kappa shape index (κ1) is 44.9. The Morgan fingerprint density at radius 2 is 1.25 bits per heavy atom. The summed E-state index contributed by atoms with van der Waals surface area (Å²) in [5, 5.41) is 38.9. The summed E-state index contributed by atoms with van der Waals surface area (Å²) in [6.07, 6.45) is 14.1. The summed E-state index contributed by atoms with van der Waals surface area (Å²) in [5.41, 5.74) is 4.72. The normalized spacial score (nSPS) is 10.5. The third kappa shape index (κ3) is 15.0. The summed E-state index contributed by atoms with van der Waals surface area (Å²) in [7, 11) is -1.35. The van der Waals surface area contributed by atoms with Crippen LogP contribution in [0.1, 0.15) is 44.9 Å². The van der Waals surface area contributed by atoms with Gasteiger partial charge in [-0.2, -0.15) is 10.2 Å². The number of nitrogens with zero attached hydrogens (tertiary/aromatic N) is 6. The van der Waals surface area contributed by atoms with Crippen molar-refractivity contribution in [3.8, 4) is 22.5 Å². The van der Waals surface area contributed by atoms with Gasteiger partial charge in [0.25, 0.3) is 0 Å². The zero-order valence-electron chi connectivity index (χ0n) is 28.3. The molecule has 0 radical (unpaired) electrons. The van der Waals surface area contributed by atoms with E-state index in [2.05, 4.69) is 40.3 Å². The van der Waals surface area contributed by atoms with Gasteiger partial charge in [0.15, 0.2) is 0 Å². The predicted octanol–water partition coefficient (Wildman–Crippen LogP) is 0.566. The number of hydrogen-bond donors (Lipinski definition) is 5. The molecule has 0 saturated carbocycles. The molecule has 20 heteroatoms. The maximum Gasteiger partial charge on any atom is 1.00 e. The number of carbonyl (C=O) groups is 3. The maximum atomic E-state index is 11.4. The summed E-state index contributed by atoms with van der Waals surface area (Å²) >= 11 is 5.53. The van der Waals surface area contributed by atoms with Crippen molar-refractivity contribution >= 4 is 42.8 Å². The Bertz CT molecular complexity index is 1840. The van der Waals surface area contributed by atoms with Crippen molar-refractivity contribution < 1.29 is 74.0 Å². The minimum atomic E-state index is -1.35. The quantitative estimate of drug-likeness (QED) is 0.0827. The van der Waals surface area contributed by atoms with Gasteiger partial charge in [0, 0.05) is 48.3 Å². The fourth-order valence-electron chi connectivity index (χ4n) is 3.62. The molecule has 266 valence electrons. The number of carbonyl (C=O) groups excluding carboxylic acids is 2. The first-order valence-electron chi connectivity index (χ1n) is 14.8. The molecule has 52 heavy (non-hydrogen) atoms. The number of carboxylic acid groups (broad SMARTS) is 1. The third-order valence-corrected chi connectivity index (χ3v) is 6.31. The average Bonchev–Trinajstić information content (AvgIpc) is 3.95. The number of hydrogen-bond acceptors (Lipinski definition) is 14. The molecule has 0 bridgehead atoms. The summed E-state index contributed by atoms with van der Waals surface area (Å²) < 4.78 is 9.61. The Labute approximate surface area is 325 Å². The number of carboxylic acids is 1. The van der Waals surface area contributed by atoms with Crippen molar-refractivity contribution in [3.63, 3.8) is 0 Å². The second-order valence-electron chi connectivity index (χ2n) is 9.53. The number of aromatic carboxylic acids is 1. The molecule has 1 aliphatic rings. The summed E-state index contributed by atoms with van der Waals surface area (Å²) in [4.78, 5) is 48.6. The van der Waals surface area contributed by atoms with Crippen LogP contribution in [0.3, 0.4) is 0 Å². The molecule has 6 rings (SSSR count). The number of halogens is 1. The van der Waals surface area contributed by atoms with Crippen LogP contribution in [0.25, 0.3) is 22.5 Å². The topological polar surface area (TPSA) is 269 Å². The van der Waals surface area contributed by atoms with Crippen LogP contribution in [-0.2, 0) is 9.47 Å². The second kappa shape index (κ2) is 24.2. The minimum Gasteiger partial charge on any atom is -0.870 e. The third-order valence-electron chi connectivity index (χ3n) is 6.08. The van der Waals surface area contributed by atoms with Gasteiger partial charge in [0.1, 0.15) is 5.15 Å². The average molecular weight is 743 g/mol. The number of pyridine rings is 3. The molecular weight excluding hydrogens is 710 g/mol. The van der Waals surface area contributed by atoms with Crippen LogP contribution >= 0.6 is 11.6 Å². The molecule has 1 aliphatic heterocycles. The van der Waals surface area contributed by atoms with E-state index in [1.54, 1.807) is 75.0 Å². The number of aromatic nitrogens is 7. The van der Waals surface area contributed by atoms with Gasteiger partial charge in [-0.05, 0) is 55.7 Å². The largest absolute Gasteiger partial charge is 1.00 e. The van der Waals surface area contributed by atoms with Gasteiger partial charge >= 0.3 is 54.6 Å². The SMILES string of the molecule is CCOC(=O)c1ccc(-c2cn[nH]c2)nc1.CCOC(=O)c1ccc(Cl)nc1.O=C(O)c1ccc(-c2cn[nH]c2)nc1.OB(O)C1=CCN=C1.[Na+].[OH-]. The maximum absolute atomic E-state index is 11.4. The molecule has 0 unspecified atom stereocenters. The van der Waals surface area contributed by atoms with Crippen molar-refractivity contribution in [2.75, 3.05) is 19.8 Å². The summed E-state index contributed by atoms with van der Waals surface area (Å²) in [6, 6.07) is 9.73. The monoisotopic (exact) mass is 742 g/mol. The Morgan fingerprint density at radius 3 is 1.56 bits per heavy atom. The number of aliphatic imine (C=N–C) groups is 1. The zero-order valence-corrected chi connectivity index (χ0v) is 31.0. The van der Waals surface area contributed by atoms with E-state index in [0.717, 1.165) is 16.8 Å². The van der Waals surface area contributed by atoms with Crippen LogP contribution < -0.4 is 29.6 Å². The molecular formula is C32H33BClN8NaO9. The first-order valence-corrected chi connectivity index (χ1v) is 15.2. The predicted molar refractivity (Wildman–Crippen MR) is 185 cm³/mol. The Morgan fingerprint density at radius 1 is 0.769 bits per heavy atom. The molecule has 0 saturated heterocycles. The molecule has 0 amide bonds. The Balaban J connectivity index is 0.000000351. The van der Waals surface area contributed by atoms with Gasteiger partial charge < -0.3 is 30.1 Å². The van der Waals surface area contributed by atoms with Crippen molar-refractivity contribution in [1.29, 1.82) is 0 Å². The smallest absolute Gasteiger partial charge is 0.870 e. The Kier molecular flexibility index (Phi) is 20.9. The van der Waals surface area contributed by atoms with E-state index in [9.17, 15) is 14.4 Å². The van der Waals surface area contributed by atoms with Crippen molar-refractivity contribution in [2.24, 2.45) is 4.99 Å².